The Labute approximate surface area is 150 Å². The fourth-order valence-electron chi connectivity index (χ4n) is 3.30. The van der Waals surface area contributed by atoms with Gasteiger partial charge >= 0.3 is 0 Å². The van der Waals surface area contributed by atoms with Crippen molar-refractivity contribution in [3.05, 3.63) is 47.8 Å². The van der Waals surface area contributed by atoms with Crippen LogP contribution in [0.25, 0.3) is 0 Å². The van der Waals surface area contributed by atoms with Crippen LogP contribution >= 0.6 is 0 Å². The first-order valence-corrected chi connectivity index (χ1v) is 10.4. The minimum Gasteiger partial charge on any atom is -0.267 e. The molecule has 0 saturated heterocycles. The Morgan fingerprint density at radius 3 is 2.40 bits per heavy atom. The van der Waals surface area contributed by atoms with Gasteiger partial charge in [-0.25, -0.2) is 13.1 Å². The monoisotopic (exact) mass is 361 g/mol. The first kappa shape index (κ1) is 18.1. The van der Waals surface area contributed by atoms with Crippen molar-refractivity contribution in [2.45, 2.75) is 69.4 Å². The molecule has 1 aromatic carbocycles. The molecule has 1 aliphatic rings. The summed E-state index contributed by atoms with van der Waals surface area (Å²) >= 11 is 0. The summed E-state index contributed by atoms with van der Waals surface area (Å²) in [4.78, 5) is 0.308. The van der Waals surface area contributed by atoms with Gasteiger partial charge in [0, 0.05) is 17.7 Å². The van der Waals surface area contributed by atoms with E-state index in [0.717, 1.165) is 31.2 Å². The molecule has 0 aliphatic heterocycles. The van der Waals surface area contributed by atoms with E-state index in [9.17, 15) is 8.42 Å². The summed E-state index contributed by atoms with van der Waals surface area (Å²) in [5, 5.41) is 4.62. The van der Waals surface area contributed by atoms with Gasteiger partial charge in [-0.05, 0) is 18.4 Å². The van der Waals surface area contributed by atoms with Gasteiger partial charge < -0.3 is 0 Å². The number of hydrogen-bond acceptors (Lipinski definition) is 3. The van der Waals surface area contributed by atoms with Crippen LogP contribution in [0.2, 0.25) is 0 Å². The van der Waals surface area contributed by atoms with Gasteiger partial charge in [0.2, 0.25) is 10.0 Å². The van der Waals surface area contributed by atoms with E-state index in [2.05, 4.69) is 9.82 Å². The molecule has 1 aromatic heterocycles. The van der Waals surface area contributed by atoms with Crippen molar-refractivity contribution in [1.82, 2.24) is 14.5 Å². The van der Waals surface area contributed by atoms with Crippen molar-refractivity contribution in [1.29, 1.82) is 0 Å². The lowest BCUT2D eigenvalue weighted by Gasteiger charge is -2.19. The number of benzene rings is 1. The average Bonchev–Trinajstić information content (AvgIpc) is 3.17. The van der Waals surface area contributed by atoms with E-state index < -0.39 is 10.0 Å². The van der Waals surface area contributed by atoms with Crippen LogP contribution < -0.4 is 4.72 Å². The zero-order valence-corrected chi connectivity index (χ0v) is 16.0. The highest BCUT2D eigenvalue weighted by Crippen LogP contribution is 2.29. The van der Waals surface area contributed by atoms with E-state index in [4.69, 9.17) is 0 Å². The first-order chi connectivity index (χ1) is 11.8. The van der Waals surface area contributed by atoms with Crippen molar-refractivity contribution in [3.8, 4) is 0 Å². The molecule has 5 nitrogen and oxygen atoms in total. The predicted octanol–water partition coefficient (Wildman–Crippen LogP) is 3.45. The molecule has 6 heteroatoms. The lowest BCUT2D eigenvalue weighted by Crippen LogP contribution is -2.33. The van der Waals surface area contributed by atoms with E-state index in [0.29, 0.717) is 17.1 Å². The molecule has 0 radical (unpaired) electrons. The number of rotatable bonds is 5. The molecular formula is C19H27N3O2S. The maximum Gasteiger partial charge on any atom is 0.244 e. The average molecular weight is 362 g/mol. The standard InChI is InChI=1S/C19H27N3O2S/c1-19(2,3)18-17(25(23,24)21-16-11-7-8-12-16)14-22(20-18)13-15-9-5-4-6-10-15/h4-6,9-10,14,16,21H,7-8,11-13H2,1-3H3. The summed E-state index contributed by atoms with van der Waals surface area (Å²) < 4.78 is 30.5. The molecule has 0 amide bonds. The van der Waals surface area contributed by atoms with Crippen LogP contribution in [0.4, 0.5) is 0 Å². The van der Waals surface area contributed by atoms with Gasteiger partial charge in [0.15, 0.2) is 0 Å². The van der Waals surface area contributed by atoms with E-state index in [1.807, 2.05) is 51.1 Å². The summed E-state index contributed by atoms with van der Waals surface area (Å²) in [5.41, 5.74) is 1.37. The Morgan fingerprint density at radius 2 is 1.80 bits per heavy atom. The lowest BCUT2D eigenvalue weighted by atomic mass is 9.92. The molecule has 0 bridgehead atoms. The molecule has 1 heterocycles. The van der Waals surface area contributed by atoms with Crippen LogP contribution in [0.1, 0.15) is 57.7 Å². The molecule has 2 aromatic rings. The summed E-state index contributed by atoms with van der Waals surface area (Å²) in [6, 6.07) is 10.0. The predicted molar refractivity (Wildman–Crippen MR) is 99.0 cm³/mol. The Bertz CT molecular complexity index is 814. The highest BCUT2D eigenvalue weighted by Gasteiger charge is 2.32. The van der Waals surface area contributed by atoms with Crippen LogP contribution in [-0.4, -0.2) is 24.2 Å². The summed E-state index contributed by atoms with van der Waals surface area (Å²) in [6.45, 7) is 6.55. The van der Waals surface area contributed by atoms with Crippen LogP contribution in [-0.2, 0) is 22.0 Å². The lowest BCUT2D eigenvalue weighted by molar-refractivity contribution is 0.525. The zero-order valence-electron chi connectivity index (χ0n) is 15.2. The third kappa shape index (κ3) is 4.30. The van der Waals surface area contributed by atoms with Gasteiger partial charge in [0.1, 0.15) is 4.90 Å². The second-order valence-electron chi connectivity index (χ2n) is 7.88. The fraction of sp³-hybridized carbons (Fsp3) is 0.526. The van der Waals surface area contributed by atoms with Gasteiger partial charge in [-0.3, -0.25) is 4.68 Å². The highest BCUT2D eigenvalue weighted by atomic mass is 32.2. The number of aromatic nitrogens is 2. The molecule has 3 rings (SSSR count). The number of sulfonamides is 1. The van der Waals surface area contributed by atoms with E-state index in [-0.39, 0.29) is 11.5 Å². The number of nitrogens with one attached hydrogen (secondary N) is 1. The number of hydrogen-bond donors (Lipinski definition) is 1. The minimum absolute atomic E-state index is 0.0512. The van der Waals surface area contributed by atoms with Crippen molar-refractivity contribution in [3.63, 3.8) is 0 Å². The molecule has 0 spiro atoms. The molecule has 0 atom stereocenters. The van der Waals surface area contributed by atoms with Crippen LogP contribution in [0, 0.1) is 0 Å². The summed E-state index contributed by atoms with van der Waals surface area (Å²) in [5.74, 6) is 0. The summed E-state index contributed by atoms with van der Waals surface area (Å²) in [7, 11) is -3.56. The van der Waals surface area contributed by atoms with Crippen LogP contribution in [0.3, 0.4) is 0 Å². The normalized spacial score (nSPS) is 16.4. The van der Waals surface area contributed by atoms with E-state index >= 15 is 0 Å². The third-order valence-electron chi connectivity index (χ3n) is 4.59. The highest BCUT2D eigenvalue weighted by molar-refractivity contribution is 7.89. The van der Waals surface area contributed by atoms with Gasteiger partial charge in [0.25, 0.3) is 0 Å². The topological polar surface area (TPSA) is 64.0 Å². The van der Waals surface area contributed by atoms with E-state index in [1.165, 1.54) is 0 Å². The molecule has 1 N–H and O–H groups in total. The molecule has 0 unspecified atom stereocenters. The Balaban J connectivity index is 1.93. The fourth-order valence-corrected chi connectivity index (χ4v) is 4.96. The third-order valence-corrected chi connectivity index (χ3v) is 6.11. The van der Waals surface area contributed by atoms with Gasteiger partial charge in [0.05, 0.1) is 12.2 Å². The SMILES string of the molecule is CC(C)(C)c1nn(Cc2ccccc2)cc1S(=O)(=O)NC1CCCC1. The Morgan fingerprint density at radius 1 is 1.16 bits per heavy atom. The van der Waals surface area contributed by atoms with Gasteiger partial charge in [-0.1, -0.05) is 63.9 Å². The smallest absolute Gasteiger partial charge is 0.244 e. The molecule has 1 saturated carbocycles. The molecule has 1 fully saturated rings. The van der Waals surface area contributed by atoms with Crippen molar-refractivity contribution >= 4 is 10.0 Å². The molecule has 1 aliphatic carbocycles. The first-order valence-electron chi connectivity index (χ1n) is 8.90. The maximum atomic E-state index is 13.0. The largest absolute Gasteiger partial charge is 0.267 e. The quantitative estimate of drug-likeness (QED) is 0.887. The second kappa shape index (κ2) is 6.92. The van der Waals surface area contributed by atoms with Crippen molar-refractivity contribution < 1.29 is 8.42 Å². The van der Waals surface area contributed by atoms with Gasteiger partial charge in [-0.2, -0.15) is 5.10 Å². The second-order valence-corrected chi connectivity index (χ2v) is 9.56. The Hall–Kier alpha value is -1.66. The number of nitrogens with zero attached hydrogens (tertiary/aromatic N) is 2. The van der Waals surface area contributed by atoms with E-state index in [1.54, 1.807) is 10.9 Å². The minimum atomic E-state index is -3.56. The molecule has 25 heavy (non-hydrogen) atoms. The maximum absolute atomic E-state index is 13.0. The Kier molecular flexibility index (Phi) is 5.02. The summed E-state index contributed by atoms with van der Waals surface area (Å²) in [6.07, 6.45) is 5.69. The van der Waals surface area contributed by atoms with Crippen LogP contribution in [0.5, 0.6) is 0 Å². The zero-order chi connectivity index (χ0) is 18.1. The molecule has 136 valence electrons. The van der Waals surface area contributed by atoms with Crippen molar-refractivity contribution in [2.75, 3.05) is 0 Å². The van der Waals surface area contributed by atoms with Gasteiger partial charge in [-0.15, -0.1) is 0 Å². The van der Waals surface area contributed by atoms with Crippen molar-refractivity contribution in [2.24, 2.45) is 0 Å². The molecular weight excluding hydrogens is 334 g/mol. The van der Waals surface area contributed by atoms with Crippen LogP contribution in [0.15, 0.2) is 41.4 Å².